The van der Waals surface area contributed by atoms with E-state index in [4.69, 9.17) is 9.47 Å². The van der Waals surface area contributed by atoms with Crippen LogP contribution in [0, 0.1) is 12.8 Å². The van der Waals surface area contributed by atoms with Gasteiger partial charge in [-0.2, -0.15) is 0 Å². The highest BCUT2D eigenvalue weighted by molar-refractivity contribution is 5.99. The van der Waals surface area contributed by atoms with Gasteiger partial charge >= 0.3 is 12.1 Å². The van der Waals surface area contributed by atoms with Crippen LogP contribution in [-0.2, 0) is 23.9 Å². The number of hydrogen-bond donors (Lipinski definition) is 3. The van der Waals surface area contributed by atoms with Gasteiger partial charge in [0, 0.05) is 63.2 Å². The lowest BCUT2D eigenvalue weighted by Crippen LogP contribution is -2.56. The second-order valence-electron chi connectivity index (χ2n) is 12.4. The van der Waals surface area contributed by atoms with E-state index >= 15 is 0 Å². The smallest absolute Gasteiger partial charge is 0.409 e. The molecule has 0 radical (unpaired) electrons. The Bertz CT molecular complexity index is 1570. The number of carboxylic acids is 1. The predicted molar refractivity (Wildman–Crippen MR) is 171 cm³/mol. The first kappa shape index (κ1) is 34.4. The number of aryl methyl sites for hydroxylation is 1. The molecule has 1 aromatic carbocycles. The van der Waals surface area contributed by atoms with E-state index in [2.05, 4.69) is 15.6 Å². The second-order valence-corrected chi connectivity index (χ2v) is 12.4. The number of carbonyl (C=O) groups excluding carboxylic acids is 5. The van der Waals surface area contributed by atoms with Crippen molar-refractivity contribution in [1.29, 1.82) is 0 Å². The Morgan fingerprint density at radius 3 is 2.40 bits per heavy atom. The molecule has 2 aliphatic heterocycles. The minimum atomic E-state index is -1.16. The molecule has 5 amide bonds. The highest BCUT2D eigenvalue weighted by atomic mass is 16.6. The largest absolute Gasteiger partial charge is 0.483 e. The lowest BCUT2D eigenvalue weighted by Gasteiger charge is -2.35. The monoisotopic (exact) mass is 666 g/mol. The topological polar surface area (TPSA) is 188 Å². The fraction of sp³-hybridized carbons (Fsp3) is 0.545. The first-order valence-electron chi connectivity index (χ1n) is 16.4. The molecule has 48 heavy (non-hydrogen) atoms. The van der Waals surface area contributed by atoms with Crippen molar-refractivity contribution in [2.24, 2.45) is 5.92 Å². The number of ether oxygens (including phenoxy) is 2. The maximum Gasteiger partial charge on any atom is 0.409 e. The lowest BCUT2D eigenvalue weighted by molar-refractivity contribution is -0.138. The summed E-state index contributed by atoms with van der Waals surface area (Å²) in [7, 11) is 0. The standard InChI is InChI=1S/C33H42N6O9/c1-3-47-33(46)38-14-12-37(13-15-38)32(45)24(8-9-29(41)42)36-31(44)26-17-27(23-7-4-20(2)16-25(23)35-26)48-19-28(40)39-11-10-21(18-39)30(43)34-22-5-6-22/h4,7,16-17,21-22,24H,3,5-6,8-15,18-19H2,1-2H3,(H,34,43)(H,36,44)(H,41,42)/t21-,24-/m0/s1. The molecule has 1 aromatic heterocycles. The Morgan fingerprint density at radius 1 is 0.979 bits per heavy atom. The number of benzene rings is 1. The van der Waals surface area contributed by atoms with Crippen LogP contribution in [0.3, 0.4) is 0 Å². The zero-order valence-electron chi connectivity index (χ0n) is 27.2. The van der Waals surface area contributed by atoms with E-state index < -0.39 is 29.9 Å². The number of carboxylic acid groups (broad SMARTS) is 1. The van der Waals surface area contributed by atoms with Gasteiger partial charge in [-0.3, -0.25) is 24.0 Å². The third-order valence-corrected chi connectivity index (χ3v) is 8.71. The van der Waals surface area contributed by atoms with Crippen LogP contribution in [0.4, 0.5) is 4.79 Å². The third kappa shape index (κ3) is 8.69. The average molecular weight is 667 g/mol. The van der Waals surface area contributed by atoms with Crippen molar-refractivity contribution in [3.05, 3.63) is 35.5 Å². The minimum absolute atomic E-state index is 0.0288. The van der Waals surface area contributed by atoms with Gasteiger partial charge in [0.2, 0.25) is 11.8 Å². The van der Waals surface area contributed by atoms with E-state index in [1.165, 1.54) is 15.9 Å². The molecule has 2 atom stereocenters. The number of hydrogen-bond acceptors (Lipinski definition) is 9. The molecular weight excluding hydrogens is 624 g/mol. The molecule has 15 nitrogen and oxygen atoms in total. The summed E-state index contributed by atoms with van der Waals surface area (Å²) in [4.78, 5) is 85.2. The van der Waals surface area contributed by atoms with E-state index in [0.717, 1.165) is 18.4 Å². The molecule has 3 heterocycles. The van der Waals surface area contributed by atoms with Gasteiger partial charge in [0.25, 0.3) is 11.8 Å². The van der Waals surface area contributed by atoms with Gasteiger partial charge in [-0.05, 0) is 57.2 Å². The highest BCUT2D eigenvalue weighted by Gasteiger charge is 2.34. The molecule has 3 N–H and O–H groups in total. The molecule has 1 saturated carbocycles. The fourth-order valence-electron chi connectivity index (χ4n) is 5.82. The molecule has 2 aromatic rings. The van der Waals surface area contributed by atoms with Crippen LogP contribution in [0.5, 0.6) is 5.75 Å². The van der Waals surface area contributed by atoms with Gasteiger partial charge in [-0.1, -0.05) is 6.07 Å². The van der Waals surface area contributed by atoms with Crippen molar-refractivity contribution in [3.63, 3.8) is 0 Å². The summed E-state index contributed by atoms with van der Waals surface area (Å²) in [6.07, 6.45) is 1.57. The number of nitrogens with zero attached hydrogens (tertiary/aromatic N) is 4. The van der Waals surface area contributed by atoms with Gasteiger partial charge in [-0.25, -0.2) is 9.78 Å². The lowest BCUT2D eigenvalue weighted by atomic mass is 10.1. The first-order chi connectivity index (χ1) is 23.0. The van der Waals surface area contributed by atoms with Crippen molar-refractivity contribution in [1.82, 2.24) is 30.3 Å². The number of piperazine rings is 1. The third-order valence-electron chi connectivity index (χ3n) is 8.71. The van der Waals surface area contributed by atoms with Crippen LogP contribution in [0.15, 0.2) is 24.3 Å². The summed E-state index contributed by atoms with van der Waals surface area (Å²) < 4.78 is 11.0. The number of rotatable bonds is 12. The Labute approximate surface area is 277 Å². The Balaban J connectivity index is 1.27. The van der Waals surface area contributed by atoms with Crippen LogP contribution in [0.1, 0.15) is 55.1 Å². The SMILES string of the molecule is CCOC(=O)N1CCN(C(=O)[C@H](CCC(=O)O)NC(=O)c2cc(OCC(=O)N3CC[C@H](C(=O)NC4CC4)C3)c3ccc(C)cc3n2)CC1. The zero-order chi connectivity index (χ0) is 34.4. The fourth-order valence-corrected chi connectivity index (χ4v) is 5.82. The molecule has 0 spiro atoms. The molecule has 1 aliphatic carbocycles. The van der Waals surface area contributed by atoms with Gasteiger partial charge in [0.15, 0.2) is 6.61 Å². The van der Waals surface area contributed by atoms with Crippen LogP contribution in [0.2, 0.25) is 0 Å². The maximum absolute atomic E-state index is 13.6. The number of pyridine rings is 1. The molecule has 15 heteroatoms. The van der Waals surface area contributed by atoms with E-state index in [1.54, 1.807) is 24.0 Å². The predicted octanol–water partition coefficient (Wildman–Crippen LogP) is 1.31. The summed E-state index contributed by atoms with van der Waals surface area (Å²) >= 11 is 0. The number of carbonyl (C=O) groups is 6. The van der Waals surface area contributed by atoms with E-state index in [1.807, 2.05) is 13.0 Å². The van der Waals surface area contributed by atoms with E-state index in [9.17, 15) is 33.9 Å². The number of nitrogens with one attached hydrogen (secondary N) is 2. The molecular formula is C33H42N6O9. The molecule has 5 rings (SSSR count). The van der Waals surface area contributed by atoms with Gasteiger partial charge in [0.1, 0.15) is 17.5 Å². The van der Waals surface area contributed by atoms with Gasteiger partial charge < -0.3 is 39.9 Å². The number of aliphatic carboxylic acids is 1. The van der Waals surface area contributed by atoms with E-state index in [0.29, 0.717) is 30.4 Å². The molecule has 2 saturated heterocycles. The molecule has 0 unspecified atom stereocenters. The Morgan fingerprint density at radius 2 is 1.71 bits per heavy atom. The zero-order valence-corrected chi connectivity index (χ0v) is 27.2. The Kier molecular flexibility index (Phi) is 11.0. The van der Waals surface area contributed by atoms with Crippen LogP contribution in [0.25, 0.3) is 10.9 Å². The minimum Gasteiger partial charge on any atom is -0.483 e. The molecule has 3 aliphatic rings. The summed E-state index contributed by atoms with van der Waals surface area (Å²) in [6.45, 7) is 5.10. The second kappa shape index (κ2) is 15.3. The van der Waals surface area contributed by atoms with Crippen molar-refractivity contribution in [2.45, 2.75) is 58.0 Å². The molecule has 3 fully saturated rings. The van der Waals surface area contributed by atoms with Crippen molar-refractivity contribution < 1.29 is 43.3 Å². The van der Waals surface area contributed by atoms with Gasteiger partial charge in [-0.15, -0.1) is 0 Å². The summed E-state index contributed by atoms with van der Waals surface area (Å²) in [6, 6.07) is 5.88. The number of amides is 5. The number of fused-ring (bicyclic) bond motifs is 1. The normalized spacial score (nSPS) is 18.3. The summed E-state index contributed by atoms with van der Waals surface area (Å²) in [5.74, 6) is -2.64. The van der Waals surface area contributed by atoms with Crippen LogP contribution < -0.4 is 15.4 Å². The number of likely N-dealkylation sites (tertiary alicyclic amines) is 1. The van der Waals surface area contributed by atoms with Crippen molar-refractivity contribution >= 4 is 46.6 Å². The Hall–Kier alpha value is -4.95. The van der Waals surface area contributed by atoms with E-state index in [-0.39, 0.29) is 87.5 Å². The highest BCUT2D eigenvalue weighted by Crippen LogP contribution is 2.28. The first-order valence-corrected chi connectivity index (χ1v) is 16.4. The summed E-state index contributed by atoms with van der Waals surface area (Å²) in [5, 5.41) is 15.5. The molecule has 0 bridgehead atoms. The average Bonchev–Trinajstić information content (AvgIpc) is 3.74. The maximum atomic E-state index is 13.6. The number of aromatic nitrogens is 1. The molecule has 258 valence electrons. The van der Waals surface area contributed by atoms with Crippen molar-refractivity contribution in [3.8, 4) is 5.75 Å². The van der Waals surface area contributed by atoms with Crippen LogP contribution in [-0.4, -0.2) is 125 Å². The van der Waals surface area contributed by atoms with Crippen LogP contribution >= 0.6 is 0 Å². The summed E-state index contributed by atoms with van der Waals surface area (Å²) in [5.41, 5.74) is 1.24. The quantitative estimate of drug-likeness (QED) is 0.298. The van der Waals surface area contributed by atoms with Gasteiger partial charge in [0.05, 0.1) is 18.0 Å². The van der Waals surface area contributed by atoms with Crippen molar-refractivity contribution in [2.75, 3.05) is 52.5 Å².